The van der Waals surface area contributed by atoms with Crippen LogP contribution in [-0.2, 0) is 26.1 Å². The molecule has 0 saturated heterocycles. The van der Waals surface area contributed by atoms with Gasteiger partial charge < -0.3 is 10.1 Å². The summed E-state index contributed by atoms with van der Waals surface area (Å²) in [6.07, 6.45) is 0. The van der Waals surface area contributed by atoms with Crippen LogP contribution in [0.1, 0.15) is 19.7 Å². The van der Waals surface area contributed by atoms with Gasteiger partial charge in [-0.05, 0) is 29.5 Å². The monoisotopic (exact) mass is 434 g/mol. The Bertz CT molecular complexity index is 1100. The van der Waals surface area contributed by atoms with Crippen molar-refractivity contribution in [1.82, 2.24) is 14.7 Å². The Morgan fingerprint density at radius 3 is 2.59 bits per heavy atom. The fraction of sp³-hybridized carbons (Fsp3) is 0.316. The minimum Gasteiger partial charge on any atom is -0.467 e. The largest absolute Gasteiger partial charge is 0.467 e. The minimum atomic E-state index is -3.64. The topological polar surface area (TPSA) is 110 Å². The van der Waals surface area contributed by atoms with Crippen molar-refractivity contribution in [2.75, 3.05) is 12.4 Å². The van der Waals surface area contributed by atoms with Crippen LogP contribution < -0.4 is 10.0 Å². The maximum Gasteiger partial charge on any atom is 0.328 e. The predicted molar refractivity (Wildman–Crippen MR) is 112 cm³/mol. The standard InChI is InChI=1S/C19H22N4O4S2/c1-12(2)17(19(24)27-3)23-18-13-7-4-5-8-14(13)21-15(22-18)11-20-29(25,26)16-9-6-10-28-16/h4-10,12,17,20H,11H2,1-3H3,(H,21,22,23)/t17-/m0/s1. The molecule has 0 amide bonds. The number of rotatable bonds is 8. The molecule has 0 aliphatic rings. The van der Waals surface area contributed by atoms with Crippen molar-refractivity contribution in [3.63, 3.8) is 0 Å². The normalized spacial score (nSPS) is 12.8. The van der Waals surface area contributed by atoms with Crippen molar-refractivity contribution in [2.45, 2.75) is 30.6 Å². The fourth-order valence-corrected chi connectivity index (χ4v) is 4.75. The van der Waals surface area contributed by atoms with E-state index in [1.54, 1.807) is 11.4 Å². The Morgan fingerprint density at radius 1 is 1.17 bits per heavy atom. The number of hydrogen-bond acceptors (Lipinski definition) is 8. The van der Waals surface area contributed by atoms with Crippen LogP contribution >= 0.6 is 11.3 Å². The zero-order chi connectivity index (χ0) is 21.0. The molecule has 1 aromatic carbocycles. The van der Waals surface area contributed by atoms with Gasteiger partial charge in [-0.2, -0.15) is 0 Å². The van der Waals surface area contributed by atoms with E-state index in [9.17, 15) is 13.2 Å². The van der Waals surface area contributed by atoms with Gasteiger partial charge in [-0.1, -0.05) is 32.0 Å². The first-order valence-electron chi connectivity index (χ1n) is 8.95. The molecule has 3 aromatic rings. The number of ether oxygens (including phenoxy) is 1. The number of hydrogen-bond donors (Lipinski definition) is 2. The van der Waals surface area contributed by atoms with Crippen LogP contribution in [0.5, 0.6) is 0 Å². The Labute approximate surface area is 173 Å². The number of thiophene rings is 1. The number of aromatic nitrogens is 2. The summed E-state index contributed by atoms with van der Waals surface area (Å²) in [6, 6.07) is 9.93. The Morgan fingerprint density at radius 2 is 1.93 bits per heavy atom. The van der Waals surface area contributed by atoms with Crippen LogP contribution in [0.2, 0.25) is 0 Å². The third-order valence-corrected chi connectivity index (χ3v) is 7.04. The fourth-order valence-electron chi connectivity index (χ4n) is 2.73. The number of para-hydroxylation sites is 1. The van der Waals surface area contributed by atoms with Gasteiger partial charge in [-0.3, -0.25) is 0 Å². The summed E-state index contributed by atoms with van der Waals surface area (Å²) in [4.78, 5) is 21.1. The van der Waals surface area contributed by atoms with Crippen molar-refractivity contribution in [3.8, 4) is 0 Å². The third kappa shape index (κ3) is 4.89. The minimum absolute atomic E-state index is 0.0445. The number of nitrogens with one attached hydrogen (secondary N) is 2. The van der Waals surface area contributed by atoms with Crippen LogP contribution in [0, 0.1) is 5.92 Å². The lowest BCUT2D eigenvalue weighted by Gasteiger charge is -2.21. The van der Waals surface area contributed by atoms with Crippen LogP contribution in [0.25, 0.3) is 10.9 Å². The van der Waals surface area contributed by atoms with E-state index < -0.39 is 22.0 Å². The number of nitrogens with zero attached hydrogens (tertiary/aromatic N) is 2. The van der Waals surface area contributed by atoms with E-state index in [1.807, 2.05) is 38.1 Å². The number of esters is 1. The van der Waals surface area contributed by atoms with Crippen molar-refractivity contribution >= 4 is 44.1 Å². The molecule has 0 radical (unpaired) electrons. The molecule has 2 aromatic heterocycles. The number of carbonyl (C=O) groups is 1. The summed E-state index contributed by atoms with van der Waals surface area (Å²) in [6.45, 7) is 3.71. The van der Waals surface area contributed by atoms with E-state index in [0.717, 1.165) is 16.7 Å². The molecular formula is C19H22N4O4S2. The molecule has 0 unspecified atom stereocenters. The predicted octanol–water partition coefficient (Wildman–Crippen LogP) is 2.78. The number of carbonyl (C=O) groups excluding carboxylic acids is 1. The summed E-state index contributed by atoms with van der Waals surface area (Å²) >= 11 is 1.13. The van der Waals surface area contributed by atoms with E-state index >= 15 is 0 Å². The van der Waals surface area contributed by atoms with Crippen molar-refractivity contribution in [1.29, 1.82) is 0 Å². The quantitative estimate of drug-likeness (QED) is 0.525. The highest BCUT2D eigenvalue weighted by atomic mass is 32.2. The number of fused-ring (bicyclic) bond motifs is 1. The number of methoxy groups -OCH3 is 1. The van der Waals surface area contributed by atoms with Crippen LogP contribution in [0.15, 0.2) is 46.0 Å². The third-order valence-electron chi connectivity index (χ3n) is 4.24. The highest BCUT2D eigenvalue weighted by Crippen LogP contribution is 2.23. The lowest BCUT2D eigenvalue weighted by molar-refractivity contribution is -0.142. The average molecular weight is 435 g/mol. The highest BCUT2D eigenvalue weighted by molar-refractivity contribution is 7.91. The smallest absolute Gasteiger partial charge is 0.328 e. The van der Waals surface area contributed by atoms with Gasteiger partial charge in [0.2, 0.25) is 10.0 Å². The Balaban J connectivity index is 1.92. The molecule has 0 fully saturated rings. The van der Waals surface area contributed by atoms with Crippen LogP contribution in [-0.4, -0.2) is 37.5 Å². The first-order valence-corrected chi connectivity index (χ1v) is 11.3. The maximum atomic E-state index is 12.4. The van der Waals surface area contributed by atoms with Gasteiger partial charge in [0.25, 0.3) is 0 Å². The molecule has 8 nitrogen and oxygen atoms in total. The second-order valence-corrected chi connectivity index (χ2v) is 9.59. The zero-order valence-corrected chi connectivity index (χ0v) is 17.9. The molecular weight excluding hydrogens is 412 g/mol. The Hall–Kier alpha value is -2.56. The second-order valence-electron chi connectivity index (χ2n) is 6.65. The van der Waals surface area contributed by atoms with Crippen LogP contribution in [0.3, 0.4) is 0 Å². The van der Waals surface area contributed by atoms with Crippen molar-refractivity contribution < 1.29 is 17.9 Å². The van der Waals surface area contributed by atoms with Crippen LogP contribution in [0.4, 0.5) is 5.82 Å². The summed E-state index contributed by atoms with van der Waals surface area (Å²) in [5, 5.41) is 5.56. The molecule has 0 aliphatic carbocycles. The summed E-state index contributed by atoms with van der Waals surface area (Å²) in [7, 11) is -2.31. The number of anilines is 1. The molecule has 0 aliphatic heterocycles. The molecule has 2 N–H and O–H groups in total. The lowest BCUT2D eigenvalue weighted by atomic mass is 10.0. The molecule has 154 valence electrons. The Kier molecular flexibility index (Phi) is 6.46. The number of sulfonamides is 1. The average Bonchev–Trinajstić information content (AvgIpc) is 3.25. The molecule has 0 bridgehead atoms. The van der Waals surface area contributed by atoms with E-state index in [0.29, 0.717) is 17.2 Å². The SMILES string of the molecule is COC(=O)[C@@H](Nc1nc(CNS(=O)(=O)c2cccs2)nc2ccccc12)C(C)C. The van der Waals surface area contributed by atoms with E-state index in [4.69, 9.17) is 4.74 Å². The zero-order valence-electron chi connectivity index (χ0n) is 16.2. The molecule has 29 heavy (non-hydrogen) atoms. The highest BCUT2D eigenvalue weighted by Gasteiger charge is 2.24. The molecule has 2 heterocycles. The molecule has 3 rings (SSSR count). The van der Waals surface area contributed by atoms with Crippen molar-refractivity contribution in [2.24, 2.45) is 5.92 Å². The molecule has 0 spiro atoms. The summed E-state index contributed by atoms with van der Waals surface area (Å²) in [5.41, 5.74) is 0.641. The first-order chi connectivity index (χ1) is 13.8. The van der Waals surface area contributed by atoms with Gasteiger partial charge in [-0.15, -0.1) is 11.3 Å². The molecule has 1 atom stereocenters. The molecule has 10 heteroatoms. The maximum absolute atomic E-state index is 12.4. The summed E-state index contributed by atoms with van der Waals surface area (Å²) in [5.74, 6) is 0.295. The van der Waals surface area contributed by atoms with E-state index in [1.165, 1.54) is 13.2 Å². The van der Waals surface area contributed by atoms with Gasteiger partial charge in [0.1, 0.15) is 21.9 Å². The van der Waals surface area contributed by atoms with Gasteiger partial charge >= 0.3 is 5.97 Å². The van der Waals surface area contributed by atoms with Crippen molar-refractivity contribution in [3.05, 3.63) is 47.6 Å². The summed E-state index contributed by atoms with van der Waals surface area (Å²) < 4.78 is 32.4. The van der Waals surface area contributed by atoms with Gasteiger partial charge in [0, 0.05) is 5.39 Å². The van der Waals surface area contributed by atoms with Gasteiger partial charge in [-0.25, -0.2) is 27.9 Å². The number of benzene rings is 1. The first kappa shape index (κ1) is 21.2. The lowest BCUT2D eigenvalue weighted by Crippen LogP contribution is -2.36. The van der Waals surface area contributed by atoms with E-state index in [2.05, 4.69) is 20.0 Å². The van der Waals surface area contributed by atoms with Gasteiger partial charge in [0.15, 0.2) is 0 Å². The van der Waals surface area contributed by atoms with Gasteiger partial charge in [0.05, 0.1) is 19.2 Å². The molecule has 0 saturated carbocycles. The second kappa shape index (κ2) is 8.85. The van der Waals surface area contributed by atoms with E-state index in [-0.39, 0.29) is 16.7 Å².